The number of anilines is 2. The lowest BCUT2D eigenvalue weighted by atomic mass is 10.0. The summed E-state index contributed by atoms with van der Waals surface area (Å²) in [4.78, 5) is 26.1. The van der Waals surface area contributed by atoms with Crippen molar-refractivity contribution in [1.29, 1.82) is 0 Å². The van der Waals surface area contributed by atoms with Crippen LogP contribution in [0.3, 0.4) is 0 Å². The molecule has 0 bridgehead atoms. The highest BCUT2D eigenvalue weighted by Gasteiger charge is 2.28. The predicted molar refractivity (Wildman–Crippen MR) is 154 cm³/mol. The zero-order valence-corrected chi connectivity index (χ0v) is 23.4. The lowest BCUT2D eigenvalue weighted by Gasteiger charge is -2.38. The molecule has 1 aliphatic heterocycles. The summed E-state index contributed by atoms with van der Waals surface area (Å²) in [6, 6.07) is 16.0. The molecule has 1 aliphatic rings. The molecule has 5 rings (SSSR count). The highest BCUT2D eigenvalue weighted by Crippen LogP contribution is 2.56. The van der Waals surface area contributed by atoms with Gasteiger partial charge < -0.3 is 14.4 Å². The molecule has 38 heavy (non-hydrogen) atoms. The van der Waals surface area contributed by atoms with Gasteiger partial charge in [0.2, 0.25) is 11.9 Å². The van der Waals surface area contributed by atoms with Crippen molar-refractivity contribution < 1.29 is 13.5 Å². The molecule has 0 radical (unpaired) electrons. The van der Waals surface area contributed by atoms with Crippen molar-refractivity contribution in [3.63, 3.8) is 0 Å². The van der Waals surface area contributed by atoms with Crippen LogP contribution < -0.4 is 15.4 Å². The van der Waals surface area contributed by atoms with E-state index in [1.165, 1.54) is 29.0 Å². The number of para-hydroxylation sites is 2. The fraction of sp³-hybridized carbons (Fsp3) is 0.320. The van der Waals surface area contributed by atoms with Crippen LogP contribution in [0.5, 0.6) is 0 Å². The Morgan fingerprint density at radius 2 is 1.79 bits per heavy atom. The minimum Gasteiger partial charge on any atom is -0.342 e. The van der Waals surface area contributed by atoms with Gasteiger partial charge in [0.25, 0.3) is 5.56 Å². The van der Waals surface area contributed by atoms with E-state index in [1.54, 1.807) is 12.1 Å². The van der Waals surface area contributed by atoms with E-state index in [-0.39, 0.29) is 24.1 Å². The summed E-state index contributed by atoms with van der Waals surface area (Å²) >= 11 is 7.66. The normalized spacial score (nSPS) is 14.8. The van der Waals surface area contributed by atoms with Crippen LogP contribution in [-0.4, -0.2) is 45.3 Å². The molecule has 0 spiro atoms. The third-order valence-electron chi connectivity index (χ3n) is 6.77. The Morgan fingerprint density at radius 3 is 2.50 bits per heavy atom. The minimum atomic E-state index is -3.37. The summed E-state index contributed by atoms with van der Waals surface area (Å²) in [6.45, 7) is 1.81. The molecule has 9 nitrogen and oxygen atoms in total. The molecule has 4 aromatic rings. The van der Waals surface area contributed by atoms with Crippen molar-refractivity contribution in [2.75, 3.05) is 29.9 Å². The lowest BCUT2D eigenvalue weighted by molar-refractivity contribution is 0.248. The SMILES string of the molecule is CN(c1nccc(=O)n1COP(=O)(S)S)C1CCN(c2nc3ccccc3n2Cc2ccc(F)cc2)CC1. The maximum atomic E-state index is 13.5. The number of rotatable bonds is 8. The van der Waals surface area contributed by atoms with Crippen LogP contribution in [0.25, 0.3) is 11.0 Å². The van der Waals surface area contributed by atoms with Gasteiger partial charge in [0.05, 0.1) is 17.6 Å². The van der Waals surface area contributed by atoms with Crippen molar-refractivity contribution in [1.82, 2.24) is 19.1 Å². The van der Waals surface area contributed by atoms with Crippen molar-refractivity contribution in [2.45, 2.75) is 32.2 Å². The molecule has 0 saturated carbocycles. The lowest BCUT2D eigenvalue weighted by Crippen LogP contribution is -2.46. The fourth-order valence-electron chi connectivity index (χ4n) is 4.81. The molecule has 2 aromatic heterocycles. The van der Waals surface area contributed by atoms with Gasteiger partial charge in [-0.3, -0.25) is 18.5 Å². The van der Waals surface area contributed by atoms with Crippen molar-refractivity contribution in [3.8, 4) is 0 Å². The largest absolute Gasteiger partial charge is 0.342 e. The van der Waals surface area contributed by atoms with Crippen molar-refractivity contribution in [2.24, 2.45) is 0 Å². The van der Waals surface area contributed by atoms with Gasteiger partial charge in [-0.15, -0.1) is 0 Å². The second-order valence-corrected chi connectivity index (χ2v) is 14.5. The van der Waals surface area contributed by atoms with Crippen LogP contribution in [0, 0.1) is 5.82 Å². The molecule has 200 valence electrons. The number of hydrogen-bond acceptors (Lipinski definition) is 7. The second kappa shape index (κ2) is 11.1. The maximum Gasteiger partial charge on any atom is 0.308 e. The van der Waals surface area contributed by atoms with Gasteiger partial charge in [-0.05, 0) is 42.7 Å². The monoisotopic (exact) mass is 574 g/mol. The molecule has 0 N–H and O–H groups in total. The number of thiol groups is 2. The predicted octanol–water partition coefficient (Wildman–Crippen LogP) is 4.83. The van der Waals surface area contributed by atoms with Gasteiger partial charge >= 0.3 is 5.77 Å². The maximum absolute atomic E-state index is 13.5. The Hall–Kier alpha value is -2.79. The summed E-state index contributed by atoms with van der Waals surface area (Å²) in [5.41, 5.74) is 2.61. The van der Waals surface area contributed by atoms with E-state index in [9.17, 15) is 13.8 Å². The standard InChI is InChI=1S/C25H28FN6O3PS2/c1-29(24-27-13-10-23(33)32(24)17-35-36(34,37)38)20-11-14-30(15-12-20)25-28-21-4-2-3-5-22(21)31(25)16-18-6-8-19(26)9-7-18/h2-10,13,20H,11-12,14-17H2,1H3,(H2,34,37,38). The number of benzene rings is 2. The summed E-state index contributed by atoms with van der Waals surface area (Å²) in [6.07, 6.45) is 3.07. The first-order valence-corrected chi connectivity index (χ1v) is 16.1. The number of hydrogen-bond donors (Lipinski definition) is 2. The summed E-state index contributed by atoms with van der Waals surface area (Å²) in [5.74, 6) is -2.33. The first kappa shape index (κ1) is 26.8. The molecule has 2 aromatic carbocycles. The Morgan fingerprint density at radius 1 is 1.08 bits per heavy atom. The third kappa shape index (κ3) is 5.93. The third-order valence-corrected chi connectivity index (χ3v) is 7.91. The van der Waals surface area contributed by atoms with Gasteiger partial charge in [-0.25, -0.2) is 14.4 Å². The summed E-state index contributed by atoms with van der Waals surface area (Å²) in [7, 11) is 1.89. The van der Waals surface area contributed by atoms with Crippen LogP contribution in [-0.2, 0) is 22.4 Å². The van der Waals surface area contributed by atoms with E-state index in [0.717, 1.165) is 48.5 Å². The number of piperidine rings is 1. The van der Waals surface area contributed by atoms with Crippen LogP contribution in [0.1, 0.15) is 18.4 Å². The smallest absolute Gasteiger partial charge is 0.308 e. The van der Waals surface area contributed by atoms with E-state index in [1.807, 2.05) is 36.2 Å². The molecule has 0 unspecified atom stereocenters. The zero-order chi connectivity index (χ0) is 26.9. The van der Waals surface area contributed by atoms with Crippen LogP contribution in [0.4, 0.5) is 16.3 Å². The van der Waals surface area contributed by atoms with E-state index in [2.05, 4.69) is 38.9 Å². The average Bonchev–Trinajstić information content (AvgIpc) is 3.26. The Bertz CT molecular complexity index is 1530. The molecule has 3 heterocycles. The first-order valence-electron chi connectivity index (χ1n) is 12.1. The minimum absolute atomic E-state index is 0.112. The fourth-order valence-corrected chi connectivity index (χ4v) is 5.39. The van der Waals surface area contributed by atoms with Crippen molar-refractivity contribution in [3.05, 3.63) is 82.5 Å². The van der Waals surface area contributed by atoms with Gasteiger partial charge in [0, 0.05) is 38.4 Å². The highest BCUT2D eigenvalue weighted by atomic mass is 33.1. The number of imidazole rings is 1. The Labute approximate surface area is 230 Å². The van der Waals surface area contributed by atoms with E-state index in [4.69, 9.17) is 9.51 Å². The van der Waals surface area contributed by atoms with Crippen LogP contribution in [0.15, 0.2) is 65.6 Å². The van der Waals surface area contributed by atoms with Crippen LogP contribution >= 0.6 is 30.3 Å². The molecular formula is C25H28FN6O3PS2. The number of halogens is 1. The molecular weight excluding hydrogens is 546 g/mol. The highest BCUT2D eigenvalue weighted by molar-refractivity contribution is 8.79. The molecule has 0 aliphatic carbocycles. The van der Waals surface area contributed by atoms with Gasteiger partial charge in [0.1, 0.15) is 12.5 Å². The Kier molecular flexibility index (Phi) is 7.85. The average molecular weight is 575 g/mol. The molecule has 1 saturated heterocycles. The van der Waals surface area contributed by atoms with Gasteiger partial charge in [-0.2, -0.15) is 0 Å². The molecule has 13 heteroatoms. The van der Waals surface area contributed by atoms with Gasteiger partial charge in [0.15, 0.2) is 0 Å². The van der Waals surface area contributed by atoms with Crippen molar-refractivity contribution >= 4 is 53.2 Å². The molecule has 0 atom stereocenters. The zero-order valence-electron chi connectivity index (χ0n) is 20.7. The van der Waals surface area contributed by atoms with Crippen LogP contribution in [0.2, 0.25) is 0 Å². The molecule has 0 amide bonds. The summed E-state index contributed by atoms with van der Waals surface area (Å²) < 4.78 is 34.0. The Balaban J connectivity index is 1.35. The van der Waals surface area contributed by atoms with Gasteiger partial charge in [-0.1, -0.05) is 48.8 Å². The quantitative estimate of drug-likeness (QED) is 0.230. The van der Waals surface area contributed by atoms with E-state index >= 15 is 0 Å². The topological polar surface area (TPSA) is 85.5 Å². The van der Waals surface area contributed by atoms with E-state index < -0.39 is 5.77 Å². The second-order valence-electron chi connectivity index (χ2n) is 9.20. The first-order chi connectivity index (χ1) is 18.2. The number of aromatic nitrogens is 4. The number of fused-ring (bicyclic) bond motifs is 1. The van der Waals surface area contributed by atoms with E-state index in [0.29, 0.717) is 12.5 Å². The molecule has 1 fully saturated rings. The summed E-state index contributed by atoms with van der Waals surface area (Å²) in [5, 5.41) is 0. The number of nitrogens with zero attached hydrogens (tertiary/aromatic N) is 6.